The fourth-order valence-electron chi connectivity index (χ4n) is 2.99. The van der Waals surface area contributed by atoms with E-state index in [1.807, 2.05) is 0 Å². The highest BCUT2D eigenvalue weighted by atomic mass is 16.5. The van der Waals surface area contributed by atoms with Crippen LogP contribution in [0.2, 0.25) is 0 Å². The second kappa shape index (κ2) is 6.45. The molecular formula is C16H22N4O3. The zero-order chi connectivity index (χ0) is 16.4. The number of benzene rings is 1. The number of aliphatic hydroxyl groups excluding tert-OH is 1. The average molecular weight is 318 g/mol. The van der Waals surface area contributed by atoms with Crippen LogP contribution in [0.25, 0.3) is 10.9 Å². The topological polar surface area (TPSA) is 103 Å². The third-order valence-electron chi connectivity index (χ3n) is 4.27. The molecule has 1 saturated carbocycles. The third-order valence-corrected chi connectivity index (χ3v) is 4.27. The van der Waals surface area contributed by atoms with Gasteiger partial charge < -0.3 is 25.6 Å². The highest BCUT2D eigenvalue weighted by molar-refractivity contribution is 5.91. The molecule has 3 rings (SSSR count). The van der Waals surface area contributed by atoms with Crippen molar-refractivity contribution in [3.63, 3.8) is 0 Å². The van der Waals surface area contributed by atoms with E-state index in [4.69, 9.17) is 15.2 Å². The molecule has 0 unspecified atom stereocenters. The molecule has 1 fully saturated rings. The van der Waals surface area contributed by atoms with Crippen molar-refractivity contribution in [1.29, 1.82) is 0 Å². The molecule has 1 heterocycles. The van der Waals surface area contributed by atoms with E-state index in [0.717, 1.165) is 25.7 Å². The van der Waals surface area contributed by atoms with Crippen molar-refractivity contribution in [2.24, 2.45) is 0 Å². The van der Waals surface area contributed by atoms with Crippen molar-refractivity contribution in [3.05, 3.63) is 12.1 Å². The van der Waals surface area contributed by atoms with E-state index in [1.165, 1.54) is 0 Å². The Morgan fingerprint density at radius 2 is 1.83 bits per heavy atom. The molecule has 0 saturated heterocycles. The molecule has 0 radical (unpaired) electrons. The molecule has 1 aliphatic carbocycles. The molecule has 1 aromatic carbocycles. The number of methoxy groups -OCH3 is 2. The number of hydrogen-bond donors (Lipinski definition) is 3. The maximum absolute atomic E-state index is 10.1. The molecule has 7 nitrogen and oxygen atoms in total. The Labute approximate surface area is 134 Å². The molecule has 0 aliphatic heterocycles. The summed E-state index contributed by atoms with van der Waals surface area (Å²) in [5.41, 5.74) is 6.73. The minimum absolute atomic E-state index is 0.0410. The molecule has 2 aromatic rings. The maximum atomic E-state index is 10.1. The molecular weight excluding hydrogens is 296 g/mol. The van der Waals surface area contributed by atoms with Gasteiger partial charge in [0.2, 0.25) is 5.95 Å². The van der Waals surface area contributed by atoms with Crippen molar-refractivity contribution in [1.82, 2.24) is 9.97 Å². The molecule has 0 bridgehead atoms. The van der Waals surface area contributed by atoms with E-state index in [0.29, 0.717) is 34.2 Å². The fraction of sp³-hybridized carbons (Fsp3) is 0.500. The van der Waals surface area contributed by atoms with Crippen molar-refractivity contribution in [3.8, 4) is 11.5 Å². The van der Waals surface area contributed by atoms with Crippen LogP contribution in [0.5, 0.6) is 11.5 Å². The van der Waals surface area contributed by atoms with Crippen LogP contribution in [-0.4, -0.2) is 41.4 Å². The van der Waals surface area contributed by atoms with Gasteiger partial charge in [0.1, 0.15) is 5.82 Å². The van der Waals surface area contributed by atoms with Crippen LogP contribution in [0.3, 0.4) is 0 Å². The molecule has 2 atom stereocenters. The summed E-state index contributed by atoms with van der Waals surface area (Å²) < 4.78 is 10.6. The van der Waals surface area contributed by atoms with Crippen LogP contribution < -0.4 is 20.5 Å². The summed E-state index contributed by atoms with van der Waals surface area (Å²) >= 11 is 0. The Bertz CT molecular complexity index is 707. The first kappa shape index (κ1) is 15.6. The molecule has 124 valence electrons. The number of nitrogens with one attached hydrogen (secondary N) is 1. The van der Waals surface area contributed by atoms with E-state index in [9.17, 15) is 5.11 Å². The minimum Gasteiger partial charge on any atom is -0.493 e. The molecule has 23 heavy (non-hydrogen) atoms. The normalized spacial score (nSPS) is 21.2. The molecule has 1 aliphatic rings. The summed E-state index contributed by atoms with van der Waals surface area (Å²) in [4.78, 5) is 8.81. The predicted octanol–water partition coefficient (Wildman–Crippen LogP) is 1.94. The number of nitrogens with two attached hydrogens (primary N) is 1. The summed E-state index contributed by atoms with van der Waals surface area (Å²) in [5, 5.41) is 14.0. The Hall–Kier alpha value is -2.28. The van der Waals surface area contributed by atoms with Gasteiger partial charge in [0.15, 0.2) is 11.5 Å². The minimum atomic E-state index is -0.380. The quantitative estimate of drug-likeness (QED) is 0.791. The van der Waals surface area contributed by atoms with Gasteiger partial charge >= 0.3 is 0 Å². The number of fused-ring (bicyclic) bond motifs is 1. The van der Waals surface area contributed by atoms with Crippen LogP contribution in [0.1, 0.15) is 25.7 Å². The van der Waals surface area contributed by atoms with Crippen molar-refractivity contribution in [2.75, 3.05) is 25.3 Å². The zero-order valence-electron chi connectivity index (χ0n) is 13.4. The van der Waals surface area contributed by atoms with Crippen molar-refractivity contribution >= 4 is 22.7 Å². The number of aliphatic hydroxyl groups is 1. The standard InChI is InChI=1S/C16H22N4O3/c1-22-13-7-9-11(8-14(13)23-2)19-16(20-15(9)17)18-10-5-3-4-6-12(10)21/h7-8,10,12,21H,3-6H2,1-2H3,(H3,17,18,19,20)/t10-,12-/m0/s1. The number of nitrogens with zero attached hydrogens (tertiary/aromatic N) is 2. The second-order valence-corrected chi connectivity index (χ2v) is 5.76. The van der Waals surface area contributed by atoms with Crippen molar-refractivity contribution in [2.45, 2.75) is 37.8 Å². The lowest BCUT2D eigenvalue weighted by atomic mass is 9.93. The largest absolute Gasteiger partial charge is 0.493 e. The molecule has 0 spiro atoms. The summed E-state index contributed by atoms with van der Waals surface area (Å²) in [6, 6.07) is 3.50. The number of nitrogen functional groups attached to an aromatic ring is 1. The van der Waals surface area contributed by atoms with Gasteiger partial charge in [-0.25, -0.2) is 4.98 Å². The van der Waals surface area contributed by atoms with E-state index in [2.05, 4.69) is 15.3 Å². The number of rotatable bonds is 4. The SMILES string of the molecule is COc1cc2nc(N[C@H]3CCCC[C@@H]3O)nc(N)c2cc1OC. The van der Waals surface area contributed by atoms with E-state index in [-0.39, 0.29) is 12.1 Å². The van der Waals surface area contributed by atoms with Crippen LogP contribution in [-0.2, 0) is 0 Å². The van der Waals surface area contributed by atoms with Gasteiger partial charge in [-0.2, -0.15) is 4.98 Å². The van der Waals surface area contributed by atoms with E-state index < -0.39 is 0 Å². The maximum Gasteiger partial charge on any atom is 0.225 e. The fourth-order valence-corrected chi connectivity index (χ4v) is 2.99. The van der Waals surface area contributed by atoms with Gasteiger partial charge in [-0.15, -0.1) is 0 Å². The van der Waals surface area contributed by atoms with E-state index >= 15 is 0 Å². The van der Waals surface area contributed by atoms with Crippen LogP contribution in [0.4, 0.5) is 11.8 Å². The van der Waals surface area contributed by atoms with Gasteiger partial charge in [-0.05, 0) is 18.9 Å². The second-order valence-electron chi connectivity index (χ2n) is 5.76. The molecule has 1 aromatic heterocycles. The monoisotopic (exact) mass is 318 g/mol. The highest BCUT2D eigenvalue weighted by Crippen LogP contribution is 2.34. The Kier molecular flexibility index (Phi) is 4.38. The van der Waals surface area contributed by atoms with Gasteiger partial charge in [0.05, 0.1) is 31.9 Å². The van der Waals surface area contributed by atoms with Gasteiger partial charge in [0.25, 0.3) is 0 Å². The molecule has 4 N–H and O–H groups in total. The Morgan fingerprint density at radius 3 is 2.52 bits per heavy atom. The average Bonchev–Trinajstić information content (AvgIpc) is 2.56. The summed E-state index contributed by atoms with van der Waals surface area (Å²) in [6.45, 7) is 0. The zero-order valence-corrected chi connectivity index (χ0v) is 13.4. The molecule has 7 heteroatoms. The van der Waals surface area contributed by atoms with Crippen LogP contribution >= 0.6 is 0 Å². The lowest BCUT2D eigenvalue weighted by Gasteiger charge is -2.28. The lowest BCUT2D eigenvalue weighted by molar-refractivity contribution is 0.116. The Balaban J connectivity index is 1.96. The van der Waals surface area contributed by atoms with Gasteiger partial charge in [0, 0.05) is 11.5 Å². The number of ether oxygens (including phenoxy) is 2. The first-order valence-corrected chi connectivity index (χ1v) is 7.76. The summed E-state index contributed by atoms with van der Waals surface area (Å²) in [7, 11) is 3.15. The predicted molar refractivity (Wildman–Crippen MR) is 88.9 cm³/mol. The third kappa shape index (κ3) is 3.10. The van der Waals surface area contributed by atoms with Crippen LogP contribution in [0, 0.1) is 0 Å². The summed E-state index contributed by atoms with van der Waals surface area (Å²) in [5.74, 6) is 1.96. The van der Waals surface area contributed by atoms with Crippen LogP contribution in [0.15, 0.2) is 12.1 Å². The summed E-state index contributed by atoms with van der Waals surface area (Å²) in [6.07, 6.45) is 3.45. The first-order valence-electron chi connectivity index (χ1n) is 7.76. The van der Waals surface area contributed by atoms with Gasteiger partial charge in [-0.1, -0.05) is 12.8 Å². The smallest absolute Gasteiger partial charge is 0.225 e. The Morgan fingerprint density at radius 1 is 1.13 bits per heavy atom. The van der Waals surface area contributed by atoms with Crippen molar-refractivity contribution < 1.29 is 14.6 Å². The molecule has 0 amide bonds. The number of anilines is 2. The number of aromatic nitrogens is 2. The number of hydrogen-bond acceptors (Lipinski definition) is 7. The van der Waals surface area contributed by atoms with Gasteiger partial charge in [-0.3, -0.25) is 0 Å². The first-order chi connectivity index (χ1) is 11.1. The van der Waals surface area contributed by atoms with E-state index in [1.54, 1.807) is 26.4 Å². The lowest BCUT2D eigenvalue weighted by Crippen LogP contribution is -2.36. The highest BCUT2D eigenvalue weighted by Gasteiger charge is 2.24.